The summed E-state index contributed by atoms with van der Waals surface area (Å²) in [5.41, 5.74) is 0.832. The van der Waals surface area contributed by atoms with Crippen LogP contribution < -0.4 is 0 Å². The first kappa shape index (κ1) is 13.5. The maximum absolute atomic E-state index is 10.2. The van der Waals surface area contributed by atoms with Crippen LogP contribution in [-0.2, 0) is 0 Å². The molecule has 0 amide bonds. The van der Waals surface area contributed by atoms with Crippen LogP contribution in [-0.4, -0.2) is 10.7 Å². The van der Waals surface area contributed by atoms with E-state index < -0.39 is 5.60 Å². The van der Waals surface area contributed by atoms with Crippen molar-refractivity contribution >= 4 is 0 Å². The lowest BCUT2D eigenvalue weighted by atomic mass is 9.86. The molecule has 2 atom stereocenters. The second kappa shape index (κ2) is 5.67. The monoisotopic (exact) mass is 222 g/mol. The minimum absolute atomic E-state index is 0.591. The Morgan fingerprint density at radius 3 is 2.75 bits per heavy atom. The van der Waals surface area contributed by atoms with Crippen molar-refractivity contribution in [3.05, 3.63) is 23.8 Å². The molecule has 0 aliphatic heterocycles. The van der Waals surface area contributed by atoms with Crippen LogP contribution >= 0.6 is 0 Å². The van der Waals surface area contributed by atoms with Gasteiger partial charge in [-0.3, -0.25) is 0 Å². The van der Waals surface area contributed by atoms with Crippen molar-refractivity contribution in [1.82, 2.24) is 0 Å². The fourth-order valence-electron chi connectivity index (χ4n) is 2.17. The Labute approximate surface area is 100 Å². The summed E-state index contributed by atoms with van der Waals surface area (Å²) in [6, 6.07) is 0. The van der Waals surface area contributed by atoms with E-state index in [1.165, 1.54) is 18.4 Å². The summed E-state index contributed by atoms with van der Waals surface area (Å²) < 4.78 is 0. The van der Waals surface area contributed by atoms with E-state index in [-0.39, 0.29) is 0 Å². The van der Waals surface area contributed by atoms with Gasteiger partial charge in [0.2, 0.25) is 0 Å². The zero-order valence-corrected chi connectivity index (χ0v) is 11.2. The molecule has 1 nitrogen and oxygen atoms in total. The van der Waals surface area contributed by atoms with Crippen molar-refractivity contribution in [3.63, 3.8) is 0 Å². The van der Waals surface area contributed by atoms with Gasteiger partial charge in [0.1, 0.15) is 0 Å². The first-order valence-corrected chi connectivity index (χ1v) is 6.48. The number of rotatable bonds is 1. The molecule has 1 aliphatic carbocycles. The summed E-state index contributed by atoms with van der Waals surface area (Å²) in [5, 5.41) is 10.2. The average Bonchev–Trinajstić information content (AvgIpc) is 2.16. The molecule has 0 spiro atoms. The minimum atomic E-state index is -0.638. The van der Waals surface area contributed by atoms with Gasteiger partial charge >= 0.3 is 0 Å². The minimum Gasteiger partial charge on any atom is -0.386 e. The number of allylic oxidation sites excluding steroid dienone is 3. The highest BCUT2D eigenvalue weighted by Crippen LogP contribution is 2.25. The van der Waals surface area contributed by atoms with Gasteiger partial charge in [0.15, 0.2) is 0 Å². The molecule has 0 aromatic carbocycles. The van der Waals surface area contributed by atoms with Crippen LogP contribution in [0.1, 0.15) is 53.4 Å². The van der Waals surface area contributed by atoms with Crippen LogP contribution in [0.25, 0.3) is 0 Å². The van der Waals surface area contributed by atoms with E-state index in [4.69, 9.17) is 0 Å². The summed E-state index contributed by atoms with van der Waals surface area (Å²) in [6.07, 6.45) is 10.7. The molecule has 0 aromatic rings. The van der Waals surface area contributed by atoms with Gasteiger partial charge < -0.3 is 5.11 Å². The molecule has 92 valence electrons. The van der Waals surface area contributed by atoms with Crippen molar-refractivity contribution < 1.29 is 5.11 Å². The van der Waals surface area contributed by atoms with Gasteiger partial charge in [-0.1, -0.05) is 37.6 Å². The zero-order valence-electron chi connectivity index (χ0n) is 11.2. The highest BCUT2D eigenvalue weighted by Gasteiger charge is 2.18. The highest BCUT2D eigenvalue weighted by molar-refractivity contribution is 5.07. The third-order valence-electron chi connectivity index (χ3n) is 3.57. The van der Waals surface area contributed by atoms with E-state index in [0.29, 0.717) is 11.8 Å². The smallest absolute Gasteiger partial charge is 0.0802 e. The second-order valence-electron chi connectivity index (χ2n) is 5.75. The Morgan fingerprint density at radius 1 is 1.44 bits per heavy atom. The van der Waals surface area contributed by atoms with Crippen LogP contribution in [0.5, 0.6) is 0 Å². The van der Waals surface area contributed by atoms with Crippen LogP contribution in [0.15, 0.2) is 23.8 Å². The molecule has 0 fully saturated rings. The normalized spacial score (nSPS) is 35.9. The first-order chi connectivity index (χ1) is 7.41. The molecule has 0 saturated carbocycles. The Bertz CT molecular complexity index is 271. The van der Waals surface area contributed by atoms with E-state index in [0.717, 1.165) is 12.8 Å². The van der Waals surface area contributed by atoms with Gasteiger partial charge in [0, 0.05) is 0 Å². The molecule has 1 heteroatoms. The predicted molar refractivity (Wildman–Crippen MR) is 70.3 cm³/mol. The molecule has 0 unspecified atom stereocenters. The van der Waals surface area contributed by atoms with Crippen LogP contribution in [0.2, 0.25) is 0 Å². The number of hydrogen-bond acceptors (Lipinski definition) is 1. The Hall–Kier alpha value is -0.560. The molecule has 1 aliphatic rings. The van der Waals surface area contributed by atoms with Crippen LogP contribution in [0.4, 0.5) is 0 Å². The van der Waals surface area contributed by atoms with Gasteiger partial charge in [-0.05, 0) is 51.4 Å². The molecule has 0 radical (unpaired) electrons. The summed E-state index contributed by atoms with van der Waals surface area (Å²) in [7, 11) is 0. The van der Waals surface area contributed by atoms with Crippen molar-refractivity contribution in [3.8, 4) is 0 Å². The van der Waals surface area contributed by atoms with E-state index in [1.54, 1.807) is 0 Å². The molecule has 0 heterocycles. The van der Waals surface area contributed by atoms with Crippen LogP contribution in [0.3, 0.4) is 0 Å². The molecular formula is C15H26O. The van der Waals surface area contributed by atoms with Gasteiger partial charge in [0.05, 0.1) is 5.60 Å². The molecular weight excluding hydrogens is 196 g/mol. The van der Waals surface area contributed by atoms with Crippen molar-refractivity contribution in [2.75, 3.05) is 0 Å². The van der Waals surface area contributed by atoms with E-state index >= 15 is 0 Å². The molecule has 0 bridgehead atoms. The Kier molecular flexibility index (Phi) is 4.79. The summed E-state index contributed by atoms with van der Waals surface area (Å²) >= 11 is 0. The zero-order chi connectivity index (χ0) is 12.2. The molecule has 1 rings (SSSR count). The quantitative estimate of drug-likeness (QED) is 0.663. The van der Waals surface area contributed by atoms with Gasteiger partial charge in [-0.2, -0.15) is 0 Å². The second-order valence-corrected chi connectivity index (χ2v) is 5.75. The van der Waals surface area contributed by atoms with Crippen molar-refractivity contribution in [2.24, 2.45) is 11.8 Å². The first-order valence-electron chi connectivity index (χ1n) is 6.48. The standard InChI is InChI=1S/C15H26O/c1-12(2)14-8-7-13(3)6-5-10-15(4,16)11-9-14/h6,9,11-12,14,16H,5,7-8,10H2,1-4H3/b11-9?,13-6+/t14-,15-/m1/s1. The number of aliphatic hydroxyl groups is 1. The largest absolute Gasteiger partial charge is 0.386 e. The molecule has 0 saturated heterocycles. The summed E-state index contributed by atoms with van der Waals surface area (Å²) in [5.74, 6) is 1.24. The Morgan fingerprint density at radius 2 is 2.12 bits per heavy atom. The topological polar surface area (TPSA) is 20.2 Å². The Balaban J connectivity index is 2.79. The van der Waals surface area contributed by atoms with Crippen LogP contribution in [0, 0.1) is 11.8 Å². The van der Waals surface area contributed by atoms with Gasteiger partial charge in [0.25, 0.3) is 0 Å². The molecule has 16 heavy (non-hydrogen) atoms. The molecule has 0 aromatic heterocycles. The van der Waals surface area contributed by atoms with E-state index in [9.17, 15) is 5.11 Å². The van der Waals surface area contributed by atoms with E-state index in [2.05, 4.69) is 32.9 Å². The van der Waals surface area contributed by atoms with Gasteiger partial charge in [-0.15, -0.1) is 0 Å². The lowest BCUT2D eigenvalue weighted by molar-refractivity contribution is 0.102. The predicted octanol–water partition coefficient (Wildman–Crippen LogP) is 4.09. The van der Waals surface area contributed by atoms with Crippen molar-refractivity contribution in [1.29, 1.82) is 0 Å². The number of hydrogen-bond donors (Lipinski definition) is 1. The lowest BCUT2D eigenvalue weighted by Crippen LogP contribution is -2.21. The fraction of sp³-hybridized carbons (Fsp3) is 0.733. The highest BCUT2D eigenvalue weighted by atomic mass is 16.3. The summed E-state index contributed by atoms with van der Waals surface area (Å²) in [4.78, 5) is 0. The third kappa shape index (κ3) is 4.52. The van der Waals surface area contributed by atoms with E-state index in [1.807, 2.05) is 13.0 Å². The summed E-state index contributed by atoms with van der Waals surface area (Å²) in [6.45, 7) is 8.63. The maximum atomic E-state index is 10.2. The fourth-order valence-corrected chi connectivity index (χ4v) is 2.17. The third-order valence-corrected chi connectivity index (χ3v) is 3.57. The maximum Gasteiger partial charge on any atom is 0.0802 e. The van der Waals surface area contributed by atoms with Crippen molar-refractivity contribution in [2.45, 2.75) is 59.0 Å². The van der Waals surface area contributed by atoms with Gasteiger partial charge in [-0.25, -0.2) is 0 Å². The average molecular weight is 222 g/mol. The SMILES string of the molecule is C/C1=C\CC[C@@](C)(O)C=C[C@H](C(C)C)CC1. The molecule has 1 N–H and O–H groups in total. The lowest BCUT2D eigenvalue weighted by Gasteiger charge is -2.23.